The summed E-state index contributed by atoms with van der Waals surface area (Å²) >= 11 is 0. The minimum atomic E-state index is -0.343. The molecule has 0 aromatic carbocycles. The largest absolute Gasteiger partial charge is 0.351 e. The highest BCUT2D eigenvalue weighted by Gasteiger charge is 2.31. The van der Waals surface area contributed by atoms with Gasteiger partial charge in [0.25, 0.3) is 0 Å². The maximum atomic E-state index is 10.8. The summed E-state index contributed by atoms with van der Waals surface area (Å²) in [6.45, 7) is 3.38. The van der Waals surface area contributed by atoms with E-state index < -0.39 is 0 Å². The van der Waals surface area contributed by atoms with Crippen molar-refractivity contribution in [2.24, 2.45) is 17.4 Å². The molecule has 0 aliphatic carbocycles. The third-order valence-corrected chi connectivity index (χ3v) is 2.41. The van der Waals surface area contributed by atoms with E-state index in [0.29, 0.717) is 12.5 Å². The minimum Gasteiger partial charge on any atom is -0.351 e. The number of primary amides is 1. The van der Waals surface area contributed by atoms with Gasteiger partial charge in [-0.15, -0.1) is 0 Å². The van der Waals surface area contributed by atoms with Crippen molar-refractivity contribution in [3.63, 3.8) is 0 Å². The molecule has 2 atom stereocenters. The molecule has 0 radical (unpaired) electrons. The van der Waals surface area contributed by atoms with E-state index in [-0.39, 0.29) is 12.1 Å². The Balaban J connectivity index is 2.61. The van der Waals surface area contributed by atoms with Crippen molar-refractivity contribution in [1.82, 2.24) is 4.90 Å². The summed E-state index contributed by atoms with van der Waals surface area (Å²) in [5, 5.41) is 0. The molecule has 0 spiro atoms. The van der Waals surface area contributed by atoms with Gasteiger partial charge in [-0.05, 0) is 12.3 Å². The first-order chi connectivity index (χ1) is 5.16. The van der Waals surface area contributed by atoms with E-state index in [1.807, 2.05) is 0 Å². The monoisotopic (exact) mass is 157 g/mol. The summed E-state index contributed by atoms with van der Waals surface area (Å²) in [4.78, 5) is 12.5. The van der Waals surface area contributed by atoms with Crippen LogP contribution in [0.4, 0.5) is 4.79 Å². The lowest BCUT2D eigenvalue weighted by atomic mass is 10.0. The zero-order valence-corrected chi connectivity index (χ0v) is 6.79. The van der Waals surface area contributed by atoms with Crippen LogP contribution in [0.25, 0.3) is 0 Å². The number of hydrogen-bond acceptors (Lipinski definition) is 2. The molecule has 64 valence electrons. The number of rotatable bonds is 1. The Bertz CT molecular complexity index is 160. The molecule has 0 bridgehead atoms. The van der Waals surface area contributed by atoms with E-state index in [1.165, 1.54) is 0 Å². The first-order valence-electron chi connectivity index (χ1n) is 3.93. The molecule has 11 heavy (non-hydrogen) atoms. The molecule has 4 nitrogen and oxygen atoms in total. The van der Waals surface area contributed by atoms with Crippen molar-refractivity contribution in [3.8, 4) is 0 Å². The summed E-state index contributed by atoms with van der Waals surface area (Å²) in [7, 11) is 0. The lowest BCUT2D eigenvalue weighted by Gasteiger charge is -2.23. The van der Waals surface area contributed by atoms with Gasteiger partial charge in [-0.1, -0.05) is 6.92 Å². The molecule has 2 unspecified atom stereocenters. The van der Waals surface area contributed by atoms with Gasteiger partial charge < -0.3 is 16.4 Å². The second-order valence-corrected chi connectivity index (χ2v) is 3.10. The number of carbonyl (C=O) groups excluding carboxylic acids is 1. The summed E-state index contributed by atoms with van der Waals surface area (Å²) in [6, 6.07) is -0.183. The van der Waals surface area contributed by atoms with Crippen LogP contribution in [0.1, 0.15) is 13.3 Å². The van der Waals surface area contributed by atoms with Gasteiger partial charge >= 0.3 is 6.03 Å². The highest BCUT2D eigenvalue weighted by molar-refractivity contribution is 5.72. The summed E-state index contributed by atoms with van der Waals surface area (Å²) < 4.78 is 0. The summed E-state index contributed by atoms with van der Waals surface area (Å²) in [6.07, 6.45) is 1.02. The molecule has 1 aliphatic rings. The Morgan fingerprint density at radius 2 is 2.36 bits per heavy atom. The molecule has 1 rings (SSSR count). The second-order valence-electron chi connectivity index (χ2n) is 3.10. The van der Waals surface area contributed by atoms with Crippen molar-refractivity contribution in [1.29, 1.82) is 0 Å². The molecule has 4 N–H and O–H groups in total. The fourth-order valence-corrected chi connectivity index (χ4v) is 1.64. The van der Waals surface area contributed by atoms with Crippen LogP contribution in [0.5, 0.6) is 0 Å². The Hall–Kier alpha value is -0.770. The SMILES string of the molecule is CC1CCN(C(N)=O)C1CN. The summed E-state index contributed by atoms with van der Waals surface area (Å²) in [5.41, 5.74) is 10.7. The molecule has 4 heteroatoms. The highest BCUT2D eigenvalue weighted by Crippen LogP contribution is 2.22. The minimum absolute atomic E-state index is 0.160. The lowest BCUT2D eigenvalue weighted by molar-refractivity contribution is 0.198. The van der Waals surface area contributed by atoms with Gasteiger partial charge in [-0.2, -0.15) is 0 Å². The van der Waals surface area contributed by atoms with E-state index in [0.717, 1.165) is 13.0 Å². The third-order valence-electron chi connectivity index (χ3n) is 2.41. The van der Waals surface area contributed by atoms with Gasteiger partial charge in [-0.3, -0.25) is 0 Å². The quantitative estimate of drug-likeness (QED) is 0.550. The van der Waals surface area contributed by atoms with Gasteiger partial charge in [0.05, 0.1) is 0 Å². The molecule has 1 saturated heterocycles. The predicted molar refractivity (Wildman–Crippen MR) is 42.9 cm³/mol. The van der Waals surface area contributed by atoms with E-state index in [4.69, 9.17) is 11.5 Å². The molecule has 0 saturated carbocycles. The van der Waals surface area contributed by atoms with Crippen LogP contribution < -0.4 is 11.5 Å². The number of urea groups is 1. The molecular formula is C7H15N3O. The Morgan fingerprint density at radius 1 is 1.73 bits per heavy atom. The van der Waals surface area contributed by atoms with Gasteiger partial charge in [0.15, 0.2) is 0 Å². The van der Waals surface area contributed by atoms with Gasteiger partial charge in [0, 0.05) is 19.1 Å². The van der Waals surface area contributed by atoms with Crippen molar-refractivity contribution >= 4 is 6.03 Å². The smallest absolute Gasteiger partial charge is 0.315 e. The van der Waals surface area contributed by atoms with Crippen LogP contribution >= 0.6 is 0 Å². The average Bonchev–Trinajstić information content (AvgIpc) is 2.30. The fourth-order valence-electron chi connectivity index (χ4n) is 1.64. The van der Waals surface area contributed by atoms with E-state index in [2.05, 4.69) is 6.92 Å². The van der Waals surface area contributed by atoms with Crippen LogP contribution in [0.2, 0.25) is 0 Å². The van der Waals surface area contributed by atoms with E-state index in [9.17, 15) is 4.79 Å². The average molecular weight is 157 g/mol. The number of amides is 2. The normalized spacial score (nSPS) is 30.9. The zero-order valence-electron chi connectivity index (χ0n) is 6.79. The Morgan fingerprint density at radius 3 is 2.73 bits per heavy atom. The first kappa shape index (κ1) is 8.33. The van der Waals surface area contributed by atoms with Gasteiger partial charge in [0.1, 0.15) is 0 Å². The zero-order chi connectivity index (χ0) is 8.43. The van der Waals surface area contributed by atoms with E-state index in [1.54, 1.807) is 4.90 Å². The van der Waals surface area contributed by atoms with Gasteiger partial charge in [0.2, 0.25) is 0 Å². The Kier molecular flexibility index (Phi) is 2.34. The molecule has 0 aromatic heterocycles. The van der Waals surface area contributed by atoms with Crippen LogP contribution in [0.3, 0.4) is 0 Å². The molecule has 0 aromatic rings. The second kappa shape index (κ2) is 3.09. The molecular weight excluding hydrogens is 142 g/mol. The van der Waals surface area contributed by atoms with Crippen LogP contribution in [-0.2, 0) is 0 Å². The fraction of sp³-hybridized carbons (Fsp3) is 0.857. The van der Waals surface area contributed by atoms with Crippen molar-refractivity contribution in [3.05, 3.63) is 0 Å². The Labute approximate surface area is 66.5 Å². The number of likely N-dealkylation sites (tertiary alicyclic amines) is 1. The standard InChI is InChI=1S/C7H15N3O/c1-5-2-3-10(7(9)11)6(5)4-8/h5-6H,2-4,8H2,1H3,(H2,9,11). The van der Waals surface area contributed by atoms with Gasteiger partial charge in [-0.25, -0.2) is 4.79 Å². The maximum Gasteiger partial charge on any atom is 0.315 e. The van der Waals surface area contributed by atoms with Crippen molar-refractivity contribution in [2.45, 2.75) is 19.4 Å². The predicted octanol–water partition coefficient (Wildman–Crippen LogP) is -0.266. The number of carbonyl (C=O) groups is 1. The molecule has 2 amide bonds. The van der Waals surface area contributed by atoms with Crippen molar-refractivity contribution in [2.75, 3.05) is 13.1 Å². The van der Waals surface area contributed by atoms with E-state index >= 15 is 0 Å². The van der Waals surface area contributed by atoms with Crippen LogP contribution in [0.15, 0.2) is 0 Å². The molecule has 1 heterocycles. The maximum absolute atomic E-state index is 10.8. The van der Waals surface area contributed by atoms with Crippen LogP contribution in [-0.4, -0.2) is 30.1 Å². The summed E-state index contributed by atoms with van der Waals surface area (Å²) in [5.74, 6) is 0.493. The molecule has 1 aliphatic heterocycles. The van der Waals surface area contributed by atoms with Crippen LogP contribution in [0, 0.1) is 5.92 Å². The number of nitrogens with zero attached hydrogens (tertiary/aromatic N) is 1. The van der Waals surface area contributed by atoms with Crippen molar-refractivity contribution < 1.29 is 4.79 Å². The third kappa shape index (κ3) is 1.45. The highest BCUT2D eigenvalue weighted by atomic mass is 16.2. The topological polar surface area (TPSA) is 72.3 Å². The number of hydrogen-bond donors (Lipinski definition) is 2. The first-order valence-corrected chi connectivity index (χ1v) is 3.93. The lowest BCUT2D eigenvalue weighted by Crippen LogP contribution is -2.44. The molecule has 1 fully saturated rings. The number of nitrogens with two attached hydrogens (primary N) is 2.